The van der Waals surface area contributed by atoms with Crippen molar-refractivity contribution in [3.05, 3.63) is 0 Å². The highest BCUT2D eigenvalue weighted by atomic mass is 16.1. The summed E-state index contributed by atoms with van der Waals surface area (Å²) in [6, 6.07) is 0.278. The lowest BCUT2D eigenvalue weighted by Gasteiger charge is -2.12. The summed E-state index contributed by atoms with van der Waals surface area (Å²) in [6.07, 6.45) is 2.93. The lowest BCUT2D eigenvalue weighted by Crippen LogP contribution is -2.39. The van der Waals surface area contributed by atoms with Gasteiger partial charge in [0.25, 0.3) is 0 Å². The molecular weight excluding hydrogens is 188 g/mol. The third-order valence-electron chi connectivity index (χ3n) is 2.02. The first-order valence-corrected chi connectivity index (χ1v) is 5.60. The molecule has 0 bridgehead atoms. The summed E-state index contributed by atoms with van der Waals surface area (Å²) >= 11 is 0. The van der Waals surface area contributed by atoms with Crippen LogP contribution in [0.4, 0.5) is 0 Å². The standard InChI is InChI=1S/C12H22N2O/c1-4-6-7-9-13-10-12(15)14-11(3)8-5-2/h11,13H,5,7-10H2,1-3H3,(H,14,15). The van der Waals surface area contributed by atoms with E-state index in [4.69, 9.17) is 0 Å². The summed E-state index contributed by atoms with van der Waals surface area (Å²) in [7, 11) is 0. The van der Waals surface area contributed by atoms with Gasteiger partial charge in [-0.2, -0.15) is 0 Å². The van der Waals surface area contributed by atoms with E-state index in [2.05, 4.69) is 29.4 Å². The van der Waals surface area contributed by atoms with Crippen LogP contribution in [0, 0.1) is 11.8 Å². The van der Waals surface area contributed by atoms with E-state index >= 15 is 0 Å². The molecule has 0 aliphatic carbocycles. The Bertz CT molecular complexity index is 228. The first-order valence-electron chi connectivity index (χ1n) is 5.60. The highest BCUT2D eigenvalue weighted by Crippen LogP contribution is 1.93. The van der Waals surface area contributed by atoms with E-state index in [1.807, 2.05) is 13.8 Å². The zero-order valence-electron chi connectivity index (χ0n) is 10.0. The number of nitrogens with one attached hydrogen (secondary N) is 2. The highest BCUT2D eigenvalue weighted by Gasteiger charge is 2.04. The summed E-state index contributed by atoms with van der Waals surface area (Å²) in [5.74, 6) is 5.82. The fourth-order valence-electron chi connectivity index (χ4n) is 1.31. The Morgan fingerprint density at radius 2 is 2.20 bits per heavy atom. The lowest BCUT2D eigenvalue weighted by molar-refractivity contribution is -0.120. The molecule has 2 N–H and O–H groups in total. The van der Waals surface area contributed by atoms with Gasteiger partial charge in [-0.15, -0.1) is 11.8 Å². The Balaban J connectivity index is 3.43. The number of carbonyl (C=O) groups is 1. The van der Waals surface area contributed by atoms with Gasteiger partial charge in [0, 0.05) is 19.0 Å². The molecule has 1 atom stereocenters. The molecule has 0 aromatic rings. The van der Waals surface area contributed by atoms with Crippen molar-refractivity contribution in [1.82, 2.24) is 10.6 Å². The minimum atomic E-state index is 0.0698. The van der Waals surface area contributed by atoms with Crippen molar-refractivity contribution in [2.24, 2.45) is 0 Å². The van der Waals surface area contributed by atoms with Crippen LogP contribution in [0.1, 0.15) is 40.0 Å². The van der Waals surface area contributed by atoms with Gasteiger partial charge in [0.1, 0.15) is 0 Å². The molecule has 15 heavy (non-hydrogen) atoms. The van der Waals surface area contributed by atoms with Crippen molar-refractivity contribution in [2.45, 2.75) is 46.1 Å². The molecule has 0 rings (SSSR count). The normalized spacial score (nSPS) is 11.4. The maximum Gasteiger partial charge on any atom is 0.234 e. The fraction of sp³-hybridized carbons (Fsp3) is 0.750. The Hall–Kier alpha value is -1.01. The van der Waals surface area contributed by atoms with Crippen LogP contribution in [0.5, 0.6) is 0 Å². The minimum absolute atomic E-state index is 0.0698. The van der Waals surface area contributed by atoms with Crippen molar-refractivity contribution >= 4 is 5.91 Å². The molecule has 0 aromatic heterocycles. The zero-order chi connectivity index (χ0) is 11.5. The molecule has 3 nitrogen and oxygen atoms in total. The largest absolute Gasteiger partial charge is 0.353 e. The van der Waals surface area contributed by atoms with Gasteiger partial charge >= 0.3 is 0 Å². The van der Waals surface area contributed by atoms with Crippen LogP contribution >= 0.6 is 0 Å². The van der Waals surface area contributed by atoms with Gasteiger partial charge in [-0.05, 0) is 20.3 Å². The lowest BCUT2D eigenvalue weighted by atomic mass is 10.2. The molecule has 1 unspecified atom stereocenters. The number of carbonyl (C=O) groups excluding carboxylic acids is 1. The quantitative estimate of drug-likeness (QED) is 0.491. The van der Waals surface area contributed by atoms with Crippen molar-refractivity contribution in [1.29, 1.82) is 0 Å². The van der Waals surface area contributed by atoms with E-state index in [9.17, 15) is 4.79 Å². The van der Waals surface area contributed by atoms with E-state index in [1.165, 1.54) is 0 Å². The number of hydrogen-bond donors (Lipinski definition) is 2. The predicted molar refractivity (Wildman–Crippen MR) is 63.4 cm³/mol. The summed E-state index contributed by atoms with van der Waals surface area (Å²) in [5, 5.41) is 5.99. The maximum atomic E-state index is 11.4. The average Bonchev–Trinajstić information content (AvgIpc) is 2.17. The molecule has 86 valence electrons. The van der Waals surface area contributed by atoms with Gasteiger partial charge in [-0.3, -0.25) is 4.79 Å². The van der Waals surface area contributed by atoms with Crippen molar-refractivity contribution in [3.8, 4) is 11.8 Å². The number of amides is 1. The van der Waals surface area contributed by atoms with Crippen molar-refractivity contribution in [2.75, 3.05) is 13.1 Å². The second-order valence-corrected chi connectivity index (χ2v) is 3.61. The third-order valence-corrected chi connectivity index (χ3v) is 2.02. The van der Waals surface area contributed by atoms with Crippen LogP contribution in [-0.2, 0) is 4.79 Å². The Kier molecular flexibility index (Phi) is 8.90. The van der Waals surface area contributed by atoms with Gasteiger partial charge in [0.05, 0.1) is 6.54 Å². The summed E-state index contributed by atoms with van der Waals surface area (Å²) < 4.78 is 0. The van der Waals surface area contributed by atoms with Crippen LogP contribution in [0.2, 0.25) is 0 Å². The van der Waals surface area contributed by atoms with E-state index in [-0.39, 0.29) is 11.9 Å². The van der Waals surface area contributed by atoms with E-state index < -0.39 is 0 Å². The molecular formula is C12H22N2O. The molecule has 0 spiro atoms. The topological polar surface area (TPSA) is 41.1 Å². The molecule has 0 aliphatic heterocycles. The highest BCUT2D eigenvalue weighted by molar-refractivity contribution is 5.78. The molecule has 0 saturated carbocycles. The van der Waals surface area contributed by atoms with Crippen LogP contribution in [-0.4, -0.2) is 25.0 Å². The summed E-state index contributed by atoms with van der Waals surface area (Å²) in [4.78, 5) is 11.4. The third kappa shape index (κ3) is 9.30. The van der Waals surface area contributed by atoms with Crippen LogP contribution < -0.4 is 10.6 Å². The van der Waals surface area contributed by atoms with Crippen LogP contribution in [0.3, 0.4) is 0 Å². The Morgan fingerprint density at radius 1 is 1.47 bits per heavy atom. The minimum Gasteiger partial charge on any atom is -0.353 e. The second-order valence-electron chi connectivity index (χ2n) is 3.61. The first-order chi connectivity index (χ1) is 7.20. The molecule has 0 aromatic carbocycles. The molecule has 0 saturated heterocycles. The van der Waals surface area contributed by atoms with Crippen molar-refractivity contribution < 1.29 is 4.79 Å². The molecule has 0 heterocycles. The monoisotopic (exact) mass is 210 g/mol. The van der Waals surface area contributed by atoms with Gasteiger partial charge in [-0.25, -0.2) is 0 Å². The average molecular weight is 210 g/mol. The molecule has 1 amide bonds. The maximum absolute atomic E-state index is 11.4. The smallest absolute Gasteiger partial charge is 0.234 e. The first kappa shape index (κ1) is 14.0. The zero-order valence-corrected chi connectivity index (χ0v) is 10.0. The van der Waals surface area contributed by atoms with Gasteiger partial charge in [0.15, 0.2) is 0 Å². The summed E-state index contributed by atoms with van der Waals surface area (Å²) in [6.45, 7) is 7.13. The molecule has 0 fully saturated rings. The predicted octanol–water partition coefficient (Wildman–Crippen LogP) is 1.29. The molecule has 0 aliphatic rings. The fourth-order valence-corrected chi connectivity index (χ4v) is 1.31. The van der Waals surface area contributed by atoms with Gasteiger partial charge in [-0.1, -0.05) is 13.3 Å². The van der Waals surface area contributed by atoms with Gasteiger partial charge < -0.3 is 10.6 Å². The number of hydrogen-bond acceptors (Lipinski definition) is 2. The number of rotatable bonds is 7. The van der Waals surface area contributed by atoms with Crippen molar-refractivity contribution in [3.63, 3.8) is 0 Å². The van der Waals surface area contributed by atoms with E-state index in [0.717, 1.165) is 25.8 Å². The van der Waals surface area contributed by atoms with E-state index in [1.54, 1.807) is 0 Å². The summed E-state index contributed by atoms with van der Waals surface area (Å²) in [5.41, 5.74) is 0. The van der Waals surface area contributed by atoms with Crippen LogP contribution in [0.25, 0.3) is 0 Å². The van der Waals surface area contributed by atoms with E-state index in [0.29, 0.717) is 6.54 Å². The SMILES string of the molecule is CC#CCCNCC(=O)NC(C)CCC. The molecule has 0 radical (unpaired) electrons. The molecule has 3 heteroatoms. The van der Waals surface area contributed by atoms with Crippen LogP contribution in [0.15, 0.2) is 0 Å². The van der Waals surface area contributed by atoms with Gasteiger partial charge in [0.2, 0.25) is 5.91 Å². The Morgan fingerprint density at radius 3 is 2.80 bits per heavy atom. The Labute approximate surface area is 93.0 Å². The second kappa shape index (κ2) is 9.54.